The summed E-state index contributed by atoms with van der Waals surface area (Å²) in [5, 5.41) is 6.61. The van der Waals surface area contributed by atoms with Crippen molar-refractivity contribution in [1.29, 1.82) is 0 Å². The molecule has 0 saturated heterocycles. The second kappa shape index (κ2) is 4.72. The van der Waals surface area contributed by atoms with E-state index < -0.39 is 10.0 Å². The van der Waals surface area contributed by atoms with Crippen molar-refractivity contribution in [3.8, 4) is 0 Å². The molecule has 0 aromatic rings. The van der Waals surface area contributed by atoms with Crippen molar-refractivity contribution >= 4 is 10.0 Å². The molecule has 1 N–H and O–H groups in total. The van der Waals surface area contributed by atoms with E-state index in [1.165, 1.54) is 0 Å². The maximum Gasteiger partial charge on any atom is 0.225 e. The maximum atomic E-state index is 10.4. The second-order valence-corrected chi connectivity index (χ2v) is 4.61. The van der Waals surface area contributed by atoms with Crippen LogP contribution in [0.15, 0.2) is 0 Å². The van der Waals surface area contributed by atoms with E-state index >= 15 is 0 Å². The van der Waals surface area contributed by atoms with Crippen molar-refractivity contribution < 1.29 is 8.42 Å². The Morgan fingerprint density at radius 2 is 2.00 bits per heavy atom. The minimum Gasteiger partial charge on any atom is -0.211 e. The van der Waals surface area contributed by atoms with E-state index in [2.05, 4.69) is 13.8 Å². The Bertz CT molecular complexity index is 187. The quantitative estimate of drug-likeness (QED) is 0.639. The minimum absolute atomic E-state index is 0.0112. The predicted molar refractivity (Wildman–Crippen MR) is 45.6 cm³/mol. The van der Waals surface area contributed by atoms with E-state index in [0.29, 0.717) is 12.3 Å². The molecule has 0 bridgehead atoms. The highest BCUT2D eigenvalue weighted by atomic mass is 32.2. The average Bonchev–Trinajstić information content (AvgIpc) is 1.85. The van der Waals surface area contributed by atoms with Gasteiger partial charge in [-0.05, 0) is 18.8 Å². The predicted octanol–water partition coefficient (Wildman–Crippen LogP) is 1.43. The molecule has 0 aromatic heterocycles. The summed E-state index contributed by atoms with van der Waals surface area (Å²) in [6.45, 7) is 4.18. The lowest BCUT2D eigenvalue weighted by Gasteiger charge is -2.05. The van der Waals surface area contributed by atoms with Gasteiger partial charge in [0.1, 0.15) is 0 Å². The number of hydrogen-bond acceptors (Lipinski definition) is 2. The van der Waals surface area contributed by atoms with Crippen molar-refractivity contribution in [1.82, 2.24) is 5.14 Å². The Morgan fingerprint density at radius 1 is 1.45 bits per heavy atom. The summed E-state index contributed by atoms with van der Waals surface area (Å²) in [4.78, 5) is 0. The van der Waals surface area contributed by atoms with Gasteiger partial charge >= 0.3 is 0 Å². The van der Waals surface area contributed by atoms with Gasteiger partial charge in [0.05, 0.1) is 5.75 Å². The minimum atomic E-state index is -3.48. The maximum absolute atomic E-state index is 10.4. The molecule has 0 saturated carbocycles. The summed E-state index contributed by atoms with van der Waals surface area (Å²) in [6.07, 6.45) is 2.62. The van der Waals surface area contributed by atoms with Crippen LogP contribution < -0.4 is 5.14 Å². The SMILES string of the molecule is CCC(C)CCCS([NH])(=O)=O. The molecular weight excluding hydrogens is 162 g/mol. The van der Waals surface area contributed by atoms with Gasteiger partial charge in [-0.2, -0.15) is 0 Å². The van der Waals surface area contributed by atoms with Gasteiger partial charge < -0.3 is 0 Å². The van der Waals surface area contributed by atoms with Crippen molar-refractivity contribution in [3.63, 3.8) is 0 Å². The topological polar surface area (TPSA) is 57.9 Å². The normalized spacial score (nSPS) is 14.8. The van der Waals surface area contributed by atoms with Crippen molar-refractivity contribution in [3.05, 3.63) is 0 Å². The molecule has 0 rings (SSSR count). The number of nitrogens with one attached hydrogen (secondary N) is 1. The van der Waals surface area contributed by atoms with Gasteiger partial charge in [0.2, 0.25) is 10.0 Å². The van der Waals surface area contributed by atoms with Gasteiger partial charge in [0, 0.05) is 0 Å². The van der Waals surface area contributed by atoms with Gasteiger partial charge in [-0.1, -0.05) is 20.3 Å². The van der Waals surface area contributed by atoms with Crippen LogP contribution >= 0.6 is 0 Å². The summed E-state index contributed by atoms with van der Waals surface area (Å²) in [7, 11) is -3.48. The highest BCUT2D eigenvalue weighted by Crippen LogP contribution is 2.09. The number of hydrogen-bond donors (Lipinski definition) is 0. The molecule has 0 spiro atoms. The first-order valence-electron chi connectivity index (χ1n) is 3.93. The first-order valence-corrected chi connectivity index (χ1v) is 5.58. The summed E-state index contributed by atoms with van der Waals surface area (Å²) in [5.74, 6) is 0.592. The Hall–Kier alpha value is -0.0900. The van der Waals surface area contributed by atoms with E-state index in [0.717, 1.165) is 12.8 Å². The zero-order valence-corrected chi connectivity index (χ0v) is 7.95. The molecule has 11 heavy (non-hydrogen) atoms. The van der Waals surface area contributed by atoms with Crippen molar-refractivity contribution in [2.75, 3.05) is 5.75 Å². The molecule has 1 atom stereocenters. The molecule has 0 heterocycles. The lowest BCUT2D eigenvalue weighted by atomic mass is 10.0. The van der Waals surface area contributed by atoms with Gasteiger partial charge in [-0.15, -0.1) is 5.14 Å². The third-order valence-electron chi connectivity index (χ3n) is 1.81. The second-order valence-electron chi connectivity index (χ2n) is 2.97. The van der Waals surface area contributed by atoms with Crippen LogP contribution in [0.2, 0.25) is 0 Å². The van der Waals surface area contributed by atoms with E-state index in [9.17, 15) is 8.42 Å². The Kier molecular flexibility index (Phi) is 4.68. The fourth-order valence-electron chi connectivity index (χ4n) is 0.826. The molecule has 0 fully saturated rings. The zero-order valence-electron chi connectivity index (χ0n) is 7.13. The average molecular weight is 178 g/mol. The van der Waals surface area contributed by atoms with Gasteiger partial charge in [-0.3, -0.25) is 0 Å². The molecule has 0 aliphatic rings. The highest BCUT2D eigenvalue weighted by molar-refractivity contribution is 7.88. The summed E-state index contributed by atoms with van der Waals surface area (Å²) >= 11 is 0. The molecule has 0 amide bonds. The molecule has 1 unspecified atom stereocenters. The van der Waals surface area contributed by atoms with Gasteiger partial charge in [0.25, 0.3) is 0 Å². The van der Waals surface area contributed by atoms with Crippen molar-refractivity contribution in [2.24, 2.45) is 5.92 Å². The summed E-state index contributed by atoms with van der Waals surface area (Å²) in [6, 6.07) is 0. The highest BCUT2D eigenvalue weighted by Gasteiger charge is 2.04. The monoisotopic (exact) mass is 178 g/mol. The number of rotatable bonds is 5. The fourth-order valence-corrected chi connectivity index (χ4v) is 1.37. The Labute approximate surface area is 69.0 Å². The van der Waals surface area contributed by atoms with Crippen LogP contribution in [0, 0.1) is 5.92 Å². The molecule has 0 aromatic carbocycles. The summed E-state index contributed by atoms with van der Waals surface area (Å²) in [5.41, 5.74) is 0. The van der Waals surface area contributed by atoms with E-state index in [4.69, 9.17) is 5.14 Å². The van der Waals surface area contributed by atoms with Gasteiger partial charge in [0.15, 0.2) is 0 Å². The van der Waals surface area contributed by atoms with Crippen LogP contribution in [-0.2, 0) is 10.0 Å². The van der Waals surface area contributed by atoms with Crippen LogP contribution in [0.5, 0.6) is 0 Å². The van der Waals surface area contributed by atoms with Crippen LogP contribution in [0.3, 0.4) is 0 Å². The Balaban J connectivity index is 3.43. The summed E-state index contributed by atoms with van der Waals surface area (Å²) < 4.78 is 20.7. The molecular formula is C7H16NO2S. The van der Waals surface area contributed by atoms with Crippen molar-refractivity contribution in [2.45, 2.75) is 33.1 Å². The largest absolute Gasteiger partial charge is 0.225 e. The molecule has 1 radical (unpaired) electrons. The lowest BCUT2D eigenvalue weighted by Crippen LogP contribution is -2.07. The van der Waals surface area contributed by atoms with Crippen LogP contribution in [0.25, 0.3) is 0 Å². The number of sulfonamides is 1. The Morgan fingerprint density at radius 3 is 2.36 bits per heavy atom. The van der Waals surface area contributed by atoms with E-state index in [1.807, 2.05) is 0 Å². The smallest absolute Gasteiger partial charge is 0.211 e. The fraction of sp³-hybridized carbons (Fsp3) is 1.00. The molecule has 3 nitrogen and oxygen atoms in total. The lowest BCUT2D eigenvalue weighted by molar-refractivity contribution is 0.506. The first-order chi connectivity index (χ1) is 4.95. The van der Waals surface area contributed by atoms with E-state index in [1.54, 1.807) is 0 Å². The molecule has 67 valence electrons. The molecule has 0 aliphatic heterocycles. The third-order valence-corrected chi connectivity index (χ3v) is 2.63. The third kappa shape index (κ3) is 7.81. The standard InChI is InChI=1S/C7H16NO2S/c1-3-7(2)5-4-6-11(8,9)10/h7-8H,3-6H2,1-2H3. The van der Waals surface area contributed by atoms with Gasteiger partial charge in [-0.25, -0.2) is 8.42 Å². The zero-order chi connectivity index (χ0) is 8.91. The van der Waals surface area contributed by atoms with Crippen LogP contribution in [0.4, 0.5) is 0 Å². The van der Waals surface area contributed by atoms with Crippen LogP contribution in [-0.4, -0.2) is 14.2 Å². The van der Waals surface area contributed by atoms with E-state index in [-0.39, 0.29) is 5.75 Å². The molecule has 0 aliphatic carbocycles. The van der Waals surface area contributed by atoms with Crippen LogP contribution in [0.1, 0.15) is 33.1 Å². The molecule has 4 heteroatoms. The first kappa shape index (κ1) is 10.9.